The first kappa shape index (κ1) is 11.7. The summed E-state index contributed by atoms with van der Waals surface area (Å²) in [7, 11) is 0. The molecule has 0 atom stereocenters. The standard InChI is InChI=1S/C11H12N4OS/c1-7-14-15-11(17-7)13-10(16)9-4-2-3-8(5-9)6-12/h2-5H,6,12H2,1H3,(H,13,15,16). The molecular weight excluding hydrogens is 236 g/mol. The van der Waals surface area contributed by atoms with Gasteiger partial charge in [0.15, 0.2) is 0 Å². The van der Waals surface area contributed by atoms with Crippen LogP contribution in [0, 0.1) is 6.92 Å². The van der Waals surface area contributed by atoms with Gasteiger partial charge in [-0.05, 0) is 24.6 Å². The zero-order chi connectivity index (χ0) is 12.3. The van der Waals surface area contributed by atoms with Gasteiger partial charge in [0.2, 0.25) is 5.13 Å². The average molecular weight is 248 g/mol. The van der Waals surface area contributed by atoms with Crippen LogP contribution in [0.4, 0.5) is 5.13 Å². The van der Waals surface area contributed by atoms with E-state index in [1.54, 1.807) is 12.1 Å². The summed E-state index contributed by atoms with van der Waals surface area (Å²) in [5, 5.41) is 11.7. The topological polar surface area (TPSA) is 80.9 Å². The molecule has 0 radical (unpaired) electrons. The van der Waals surface area contributed by atoms with Crippen molar-refractivity contribution in [3.8, 4) is 0 Å². The summed E-state index contributed by atoms with van der Waals surface area (Å²) in [6.45, 7) is 2.25. The van der Waals surface area contributed by atoms with Gasteiger partial charge in [-0.25, -0.2) is 0 Å². The van der Waals surface area contributed by atoms with E-state index in [0.717, 1.165) is 10.6 Å². The lowest BCUT2D eigenvalue weighted by Crippen LogP contribution is -2.12. The number of anilines is 1. The van der Waals surface area contributed by atoms with Crippen LogP contribution in [0.3, 0.4) is 0 Å². The lowest BCUT2D eigenvalue weighted by Gasteiger charge is -2.02. The fourth-order valence-electron chi connectivity index (χ4n) is 1.36. The Morgan fingerprint density at radius 1 is 1.47 bits per heavy atom. The predicted octanol–water partition coefficient (Wildman–Crippen LogP) is 1.56. The molecule has 17 heavy (non-hydrogen) atoms. The van der Waals surface area contributed by atoms with E-state index in [1.807, 2.05) is 19.1 Å². The van der Waals surface area contributed by atoms with Gasteiger partial charge in [0, 0.05) is 12.1 Å². The summed E-state index contributed by atoms with van der Waals surface area (Å²) in [6.07, 6.45) is 0. The number of hydrogen-bond acceptors (Lipinski definition) is 5. The lowest BCUT2D eigenvalue weighted by atomic mass is 10.1. The number of nitrogens with one attached hydrogen (secondary N) is 1. The highest BCUT2D eigenvalue weighted by Crippen LogP contribution is 2.15. The molecule has 88 valence electrons. The molecule has 6 heteroatoms. The van der Waals surface area contributed by atoms with Crippen LogP contribution < -0.4 is 11.1 Å². The van der Waals surface area contributed by atoms with E-state index in [2.05, 4.69) is 15.5 Å². The SMILES string of the molecule is Cc1nnc(NC(=O)c2cccc(CN)c2)s1. The van der Waals surface area contributed by atoms with E-state index in [-0.39, 0.29) is 5.91 Å². The number of aryl methyl sites for hydroxylation is 1. The Hall–Kier alpha value is -1.79. The quantitative estimate of drug-likeness (QED) is 0.863. The molecule has 0 aliphatic carbocycles. The van der Waals surface area contributed by atoms with Crippen molar-refractivity contribution in [2.45, 2.75) is 13.5 Å². The number of amides is 1. The molecule has 1 aromatic heterocycles. The Labute approximate surface area is 103 Å². The van der Waals surface area contributed by atoms with Crippen LogP contribution >= 0.6 is 11.3 Å². The minimum absolute atomic E-state index is 0.198. The summed E-state index contributed by atoms with van der Waals surface area (Å²) in [5.41, 5.74) is 7.02. The van der Waals surface area contributed by atoms with Gasteiger partial charge in [-0.2, -0.15) is 0 Å². The van der Waals surface area contributed by atoms with Crippen molar-refractivity contribution in [2.24, 2.45) is 5.73 Å². The third-order valence-corrected chi connectivity index (χ3v) is 2.93. The fourth-order valence-corrected chi connectivity index (χ4v) is 1.94. The number of aromatic nitrogens is 2. The fraction of sp³-hybridized carbons (Fsp3) is 0.182. The van der Waals surface area contributed by atoms with Crippen LogP contribution in [-0.4, -0.2) is 16.1 Å². The number of nitrogens with zero attached hydrogens (tertiary/aromatic N) is 2. The first-order chi connectivity index (χ1) is 8.19. The maximum absolute atomic E-state index is 11.9. The Balaban J connectivity index is 2.14. The zero-order valence-electron chi connectivity index (χ0n) is 9.30. The third kappa shape index (κ3) is 2.86. The summed E-state index contributed by atoms with van der Waals surface area (Å²) in [4.78, 5) is 11.9. The Morgan fingerprint density at radius 3 is 2.94 bits per heavy atom. The van der Waals surface area contributed by atoms with E-state index in [1.165, 1.54) is 11.3 Å². The van der Waals surface area contributed by atoms with Crippen LogP contribution in [0.15, 0.2) is 24.3 Å². The molecule has 0 spiro atoms. The predicted molar refractivity (Wildman–Crippen MR) is 66.9 cm³/mol. The number of benzene rings is 1. The number of carbonyl (C=O) groups is 1. The van der Waals surface area contributed by atoms with Crippen LogP contribution in [0.1, 0.15) is 20.9 Å². The van der Waals surface area contributed by atoms with Gasteiger partial charge in [0.25, 0.3) is 5.91 Å². The lowest BCUT2D eigenvalue weighted by molar-refractivity contribution is 0.102. The van der Waals surface area contributed by atoms with E-state index < -0.39 is 0 Å². The average Bonchev–Trinajstić information content (AvgIpc) is 2.75. The van der Waals surface area contributed by atoms with Crippen LogP contribution in [-0.2, 0) is 6.54 Å². The van der Waals surface area contributed by atoms with Gasteiger partial charge in [-0.1, -0.05) is 23.5 Å². The molecule has 0 aliphatic rings. The first-order valence-corrected chi connectivity index (χ1v) is 5.91. The second kappa shape index (κ2) is 5.03. The van der Waals surface area contributed by atoms with E-state index in [0.29, 0.717) is 17.2 Å². The summed E-state index contributed by atoms with van der Waals surface area (Å²) in [5.74, 6) is -0.198. The number of carbonyl (C=O) groups excluding carboxylic acids is 1. The summed E-state index contributed by atoms with van der Waals surface area (Å²) < 4.78 is 0. The molecule has 5 nitrogen and oxygen atoms in total. The Morgan fingerprint density at radius 2 is 2.29 bits per heavy atom. The molecule has 2 aromatic rings. The molecule has 0 aliphatic heterocycles. The second-order valence-electron chi connectivity index (χ2n) is 3.48. The third-order valence-electron chi connectivity index (χ3n) is 2.17. The molecule has 0 saturated carbocycles. The highest BCUT2D eigenvalue weighted by Gasteiger charge is 2.09. The normalized spacial score (nSPS) is 10.2. The molecular formula is C11H12N4OS. The van der Waals surface area contributed by atoms with Crippen molar-refractivity contribution in [1.29, 1.82) is 0 Å². The summed E-state index contributed by atoms with van der Waals surface area (Å²) >= 11 is 1.34. The van der Waals surface area contributed by atoms with E-state index >= 15 is 0 Å². The van der Waals surface area contributed by atoms with Crippen molar-refractivity contribution < 1.29 is 4.79 Å². The van der Waals surface area contributed by atoms with Crippen molar-refractivity contribution in [1.82, 2.24) is 10.2 Å². The smallest absolute Gasteiger partial charge is 0.257 e. The molecule has 1 aromatic carbocycles. The molecule has 0 unspecified atom stereocenters. The van der Waals surface area contributed by atoms with Crippen molar-refractivity contribution in [2.75, 3.05) is 5.32 Å². The van der Waals surface area contributed by atoms with Gasteiger partial charge in [0.05, 0.1) is 0 Å². The molecule has 0 fully saturated rings. The Bertz CT molecular complexity index is 538. The second-order valence-corrected chi connectivity index (χ2v) is 4.67. The molecule has 1 amide bonds. The van der Waals surface area contributed by atoms with Gasteiger partial charge >= 0.3 is 0 Å². The van der Waals surface area contributed by atoms with Gasteiger partial charge in [0.1, 0.15) is 5.01 Å². The van der Waals surface area contributed by atoms with Gasteiger partial charge in [-0.3, -0.25) is 10.1 Å². The van der Waals surface area contributed by atoms with E-state index in [4.69, 9.17) is 5.73 Å². The highest BCUT2D eigenvalue weighted by atomic mass is 32.1. The maximum Gasteiger partial charge on any atom is 0.257 e. The molecule has 0 bridgehead atoms. The minimum atomic E-state index is -0.198. The minimum Gasteiger partial charge on any atom is -0.326 e. The van der Waals surface area contributed by atoms with Crippen LogP contribution in [0.2, 0.25) is 0 Å². The number of hydrogen-bond donors (Lipinski definition) is 2. The summed E-state index contributed by atoms with van der Waals surface area (Å²) in [6, 6.07) is 7.19. The van der Waals surface area contributed by atoms with E-state index in [9.17, 15) is 4.79 Å². The monoisotopic (exact) mass is 248 g/mol. The van der Waals surface area contributed by atoms with Crippen LogP contribution in [0.5, 0.6) is 0 Å². The maximum atomic E-state index is 11.9. The molecule has 0 saturated heterocycles. The van der Waals surface area contributed by atoms with Gasteiger partial charge < -0.3 is 5.73 Å². The molecule has 1 heterocycles. The molecule has 3 N–H and O–H groups in total. The van der Waals surface area contributed by atoms with Gasteiger partial charge in [-0.15, -0.1) is 10.2 Å². The van der Waals surface area contributed by atoms with Crippen LogP contribution in [0.25, 0.3) is 0 Å². The van der Waals surface area contributed by atoms with Crippen molar-refractivity contribution in [3.05, 3.63) is 40.4 Å². The highest BCUT2D eigenvalue weighted by molar-refractivity contribution is 7.15. The largest absolute Gasteiger partial charge is 0.326 e. The number of rotatable bonds is 3. The Kier molecular flexibility index (Phi) is 3.46. The van der Waals surface area contributed by atoms with Crippen molar-refractivity contribution >= 4 is 22.4 Å². The van der Waals surface area contributed by atoms with Crippen molar-refractivity contribution in [3.63, 3.8) is 0 Å². The molecule has 2 rings (SSSR count). The first-order valence-electron chi connectivity index (χ1n) is 5.09. The zero-order valence-corrected chi connectivity index (χ0v) is 10.1. The number of nitrogens with two attached hydrogens (primary N) is 1.